The van der Waals surface area contributed by atoms with E-state index < -0.39 is 0 Å². The lowest BCUT2D eigenvalue weighted by molar-refractivity contribution is -0.130. The van der Waals surface area contributed by atoms with Crippen molar-refractivity contribution >= 4 is 17.7 Å². The van der Waals surface area contributed by atoms with Gasteiger partial charge in [0, 0.05) is 19.6 Å². The van der Waals surface area contributed by atoms with Crippen LogP contribution >= 0.6 is 11.8 Å². The number of carbonyl (C=O) groups is 1. The maximum atomic E-state index is 12.6. The van der Waals surface area contributed by atoms with Crippen LogP contribution in [0.4, 0.5) is 0 Å². The molecule has 0 radical (unpaired) electrons. The summed E-state index contributed by atoms with van der Waals surface area (Å²) in [5, 5.41) is 9.39. The van der Waals surface area contributed by atoms with E-state index in [4.69, 9.17) is 4.74 Å². The summed E-state index contributed by atoms with van der Waals surface area (Å²) < 4.78 is 7.43. The van der Waals surface area contributed by atoms with Crippen LogP contribution < -0.4 is 4.74 Å². The van der Waals surface area contributed by atoms with Crippen molar-refractivity contribution in [3.8, 4) is 17.1 Å². The molecule has 0 N–H and O–H groups in total. The van der Waals surface area contributed by atoms with Gasteiger partial charge in [-0.2, -0.15) is 0 Å². The predicted octanol–water partition coefficient (Wildman–Crippen LogP) is 3.49. The SMILES string of the molecule is C=CCn1c(SCC(=O)N2CCC[C@@H](C)C2)nnc1-c1ccccc1OC. The van der Waals surface area contributed by atoms with Gasteiger partial charge < -0.3 is 9.64 Å². The Bertz CT molecular complexity index is 805. The number of rotatable bonds is 7. The number of carbonyl (C=O) groups excluding carboxylic acids is 1. The quantitative estimate of drug-likeness (QED) is 0.538. The summed E-state index contributed by atoms with van der Waals surface area (Å²) in [6.07, 6.45) is 4.09. The molecular weight excluding hydrogens is 360 g/mol. The van der Waals surface area contributed by atoms with Gasteiger partial charge in [-0.1, -0.05) is 36.9 Å². The topological polar surface area (TPSA) is 60.2 Å². The maximum Gasteiger partial charge on any atom is 0.233 e. The van der Waals surface area contributed by atoms with Crippen LogP contribution in [0.1, 0.15) is 19.8 Å². The van der Waals surface area contributed by atoms with Crippen molar-refractivity contribution in [1.82, 2.24) is 19.7 Å². The van der Waals surface area contributed by atoms with E-state index in [1.807, 2.05) is 33.7 Å². The summed E-state index contributed by atoms with van der Waals surface area (Å²) in [5.74, 6) is 2.57. The Hall–Kier alpha value is -2.28. The van der Waals surface area contributed by atoms with Gasteiger partial charge in [0.2, 0.25) is 5.91 Å². The summed E-state index contributed by atoms with van der Waals surface area (Å²) in [7, 11) is 1.64. The first-order valence-corrected chi connectivity index (χ1v) is 10.2. The van der Waals surface area contributed by atoms with E-state index in [9.17, 15) is 4.79 Å². The second-order valence-electron chi connectivity index (χ2n) is 6.78. The zero-order valence-electron chi connectivity index (χ0n) is 15.9. The lowest BCUT2D eigenvalue weighted by atomic mass is 10.0. The van der Waals surface area contributed by atoms with Gasteiger partial charge in [0.1, 0.15) is 5.75 Å². The van der Waals surface area contributed by atoms with Crippen molar-refractivity contribution in [2.75, 3.05) is 26.0 Å². The lowest BCUT2D eigenvalue weighted by Gasteiger charge is -2.30. The predicted molar refractivity (Wildman–Crippen MR) is 108 cm³/mol. The number of allylic oxidation sites excluding steroid dienone is 1. The molecule has 6 nitrogen and oxygen atoms in total. The molecule has 0 spiro atoms. The molecule has 1 fully saturated rings. The van der Waals surface area contributed by atoms with Crippen LogP contribution in [0.2, 0.25) is 0 Å². The normalized spacial score (nSPS) is 17.0. The van der Waals surface area contributed by atoms with Crippen LogP contribution in [0.15, 0.2) is 42.1 Å². The van der Waals surface area contributed by atoms with Crippen LogP contribution in [0.5, 0.6) is 5.75 Å². The number of piperidine rings is 1. The highest BCUT2D eigenvalue weighted by Gasteiger charge is 2.22. The zero-order valence-corrected chi connectivity index (χ0v) is 16.7. The molecule has 0 aliphatic carbocycles. The Balaban J connectivity index is 1.77. The highest BCUT2D eigenvalue weighted by atomic mass is 32.2. The third-order valence-electron chi connectivity index (χ3n) is 4.71. The van der Waals surface area contributed by atoms with Crippen LogP contribution in [-0.4, -0.2) is 51.5 Å². The van der Waals surface area contributed by atoms with Gasteiger partial charge >= 0.3 is 0 Å². The molecule has 27 heavy (non-hydrogen) atoms. The first-order valence-electron chi connectivity index (χ1n) is 9.22. The average Bonchev–Trinajstić information content (AvgIpc) is 3.08. The van der Waals surface area contributed by atoms with Crippen LogP contribution in [-0.2, 0) is 11.3 Å². The third-order valence-corrected chi connectivity index (χ3v) is 5.66. The van der Waals surface area contributed by atoms with E-state index in [1.165, 1.54) is 18.2 Å². The highest BCUT2D eigenvalue weighted by Crippen LogP contribution is 2.31. The van der Waals surface area contributed by atoms with E-state index in [2.05, 4.69) is 23.7 Å². The van der Waals surface area contributed by atoms with E-state index in [1.54, 1.807) is 13.2 Å². The Morgan fingerprint density at radius 1 is 1.41 bits per heavy atom. The van der Waals surface area contributed by atoms with Crippen molar-refractivity contribution in [2.24, 2.45) is 5.92 Å². The van der Waals surface area contributed by atoms with Crippen molar-refractivity contribution < 1.29 is 9.53 Å². The molecule has 1 aliphatic rings. The fourth-order valence-electron chi connectivity index (χ4n) is 3.35. The first kappa shape index (κ1) is 19.5. The molecule has 3 rings (SSSR count). The number of amides is 1. The summed E-state index contributed by atoms with van der Waals surface area (Å²) in [6.45, 7) is 8.32. The van der Waals surface area contributed by atoms with Crippen LogP contribution in [0.3, 0.4) is 0 Å². The van der Waals surface area contributed by atoms with Gasteiger partial charge in [-0.3, -0.25) is 9.36 Å². The van der Waals surface area contributed by atoms with E-state index in [-0.39, 0.29) is 5.91 Å². The molecule has 0 unspecified atom stereocenters. The van der Waals surface area contributed by atoms with Crippen LogP contribution in [0.25, 0.3) is 11.4 Å². The minimum absolute atomic E-state index is 0.165. The molecular formula is C20H26N4O2S. The Labute approximate surface area is 164 Å². The molecule has 1 amide bonds. The molecule has 1 atom stereocenters. The number of methoxy groups -OCH3 is 1. The largest absolute Gasteiger partial charge is 0.496 e. The van der Waals surface area contributed by atoms with Crippen molar-refractivity contribution in [3.63, 3.8) is 0 Å². The van der Waals surface area contributed by atoms with Gasteiger partial charge in [-0.25, -0.2) is 0 Å². The van der Waals surface area contributed by atoms with Gasteiger partial charge in [0.15, 0.2) is 11.0 Å². The summed E-state index contributed by atoms with van der Waals surface area (Å²) >= 11 is 1.43. The smallest absolute Gasteiger partial charge is 0.233 e. The number of likely N-dealkylation sites (tertiary alicyclic amines) is 1. The minimum atomic E-state index is 0.165. The Kier molecular flexibility index (Phi) is 6.55. The van der Waals surface area contributed by atoms with Crippen molar-refractivity contribution in [3.05, 3.63) is 36.9 Å². The van der Waals surface area contributed by atoms with E-state index in [0.29, 0.717) is 29.2 Å². The second kappa shape index (κ2) is 9.08. The number of benzene rings is 1. The molecule has 1 aliphatic heterocycles. The van der Waals surface area contributed by atoms with Gasteiger partial charge in [-0.15, -0.1) is 16.8 Å². The van der Waals surface area contributed by atoms with Crippen molar-refractivity contribution in [2.45, 2.75) is 31.5 Å². The number of ether oxygens (including phenoxy) is 1. The van der Waals surface area contributed by atoms with Crippen LogP contribution in [0, 0.1) is 5.92 Å². The minimum Gasteiger partial charge on any atom is -0.496 e. The van der Waals surface area contributed by atoms with Gasteiger partial charge in [-0.05, 0) is 30.9 Å². The first-order chi connectivity index (χ1) is 13.1. The fraction of sp³-hybridized carbons (Fsp3) is 0.450. The zero-order chi connectivity index (χ0) is 19.2. The second-order valence-corrected chi connectivity index (χ2v) is 7.72. The molecule has 2 aromatic rings. The Morgan fingerprint density at radius 2 is 2.22 bits per heavy atom. The Morgan fingerprint density at radius 3 is 2.96 bits per heavy atom. The average molecular weight is 387 g/mol. The molecule has 1 aromatic heterocycles. The van der Waals surface area contributed by atoms with Gasteiger partial charge in [0.05, 0.1) is 18.4 Å². The number of nitrogens with zero attached hydrogens (tertiary/aromatic N) is 4. The number of aromatic nitrogens is 3. The standard InChI is InChI=1S/C20H26N4O2S/c1-4-11-24-19(16-9-5-6-10-17(16)26-3)21-22-20(24)27-14-18(25)23-12-7-8-15(2)13-23/h4-6,9-10,15H,1,7-8,11-14H2,2-3H3/t15-/m1/s1. The molecule has 144 valence electrons. The number of para-hydroxylation sites is 1. The lowest BCUT2D eigenvalue weighted by Crippen LogP contribution is -2.40. The molecule has 2 heterocycles. The molecule has 0 bridgehead atoms. The fourth-order valence-corrected chi connectivity index (χ4v) is 4.20. The van der Waals surface area contributed by atoms with E-state index >= 15 is 0 Å². The summed E-state index contributed by atoms with van der Waals surface area (Å²) in [6, 6.07) is 7.72. The molecule has 1 saturated heterocycles. The monoisotopic (exact) mass is 386 g/mol. The van der Waals surface area contributed by atoms with E-state index in [0.717, 1.165) is 30.8 Å². The van der Waals surface area contributed by atoms with Crippen molar-refractivity contribution in [1.29, 1.82) is 0 Å². The molecule has 7 heteroatoms. The maximum absolute atomic E-state index is 12.6. The number of hydrogen-bond donors (Lipinski definition) is 0. The molecule has 0 saturated carbocycles. The molecule has 1 aromatic carbocycles. The summed E-state index contributed by atoms with van der Waals surface area (Å²) in [4.78, 5) is 14.5. The third kappa shape index (κ3) is 4.53. The number of thioether (sulfide) groups is 1. The number of hydrogen-bond acceptors (Lipinski definition) is 5. The highest BCUT2D eigenvalue weighted by molar-refractivity contribution is 7.99. The van der Waals surface area contributed by atoms with Gasteiger partial charge in [0.25, 0.3) is 0 Å². The summed E-state index contributed by atoms with van der Waals surface area (Å²) in [5.41, 5.74) is 0.873.